The highest BCUT2D eigenvalue weighted by Crippen LogP contribution is 2.42. The third-order valence-electron chi connectivity index (χ3n) is 4.60. The van der Waals surface area contributed by atoms with Gasteiger partial charge in [-0.2, -0.15) is 9.97 Å². The molecular weight excluding hydrogens is 376 g/mol. The summed E-state index contributed by atoms with van der Waals surface area (Å²) >= 11 is 0. The van der Waals surface area contributed by atoms with Gasteiger partial charge in [-0.1, -0.05) is 18.5 Å². The molecule has 0 saturated carbocycles. The molecule has 9 heteroatoms. The van der Waals surface area contributed by atoms with Crippen molar-refractivity contribution in [3.63, 3.8) is 0 Å². The SMILES string of the molecule is CCC/C(=N\OCC)C1=C(O)CC(c2c(OC)nc(OC)nc2N(C)C)CC1=O. The van der Waals surface area contributed by atoms with Crippen LogP contribution in [0.4, 0.5) is 5.82 Å². The van der Waals surface area contributed by atoms with Crippen LogP contribution in [0.3, 0.4) is 0 Å². The Kier molecular flexibility index (Phi) is 7.81. The van der Waals surface area contributed by atoms with E-state index in [9.17, 15) is 9.90 Å². The zero-order valence-corrected chi connectivity index (χ0v) is 18.0. The van der Waals surface area contributed by atoms with Gasteiger partial charge in [-0.25, -0.2) is 0 Å². The number of oxime groups is 1. The van der Waals surface area contributed by atoms with E-state index in [0.29, 0.717) is 36.0 Å². The third-order valence-corrected chi connectivity index (χ3v) is 4.60. The Balaban J connectivity index is 2.51. The molecule has 0 bridgehead atoms. The van der Waals surface area contributed by atoms with Crippen LogP contribution in [0, 0.1) is 0 Å². The first kappa shape index (κ1) is 22.4. The highest BCUT2D eigenvalue weighted by Gasteiger charge is 2.35. The summed E-state index contributed by atoms with van der Waals surface area (Å²) in [5.41, 5.74) is 1.41. The number of aliphatic hydroxyl groups excluding tert-OH is 1. The quantitative estimate of drug-likeness (QED) is 0.493. The van der Waals surface area contributed by atoms with Gasteiger partial charge in [-0.3, -0.25) is 4.79 Å². The van der Waals surface area contributed by atoms with Gasteiger partial charge in [-0.15, -0.1) is 0 Å². The largest absolute Gasteiger partial charge is 0.511 e. The fourth-order valence-corrected chi connectivity index (χ4v) is 3.39. The number of rotatable bonds is 9. The monoisotopic (exact) mass is 406 g/mol. The van der Waals surface area contributed by atoms with Gasteiger partial charge in [-0.05, 0) is 13.3 Å². The molecule has 0 amide bonds. The van der Waals surface area contributed by atoms with Gasteiger partial charge < -0.3 is 24.3 Å². The first-order valence-electron chi connectivity index (χ1n) is 9.69. The van der Waals surface area contributed by atoms with Gasteiger partial charge in [0.2, 0.25) is 5.88 Å². The topological polar surface area (TPSA) is 106 Å². The third kappa shape index (κ3) is 4.96. The number of Topliss-reactive ketones (excluding diaryl/α,β-unsaturated/α-hetero) is 1. The lowest BCUT2D eigenvalue weighted by atomic mass is 9.81. The van der Waals surface area contributed by atoms with E-state index in [1.165, 1.54) is 14.2 Å². The minimum atomic E-state index is -0.334. The van der Waals surface area contributed by atoms with Crippen LogP contribution in [0.2, 0.25) is 0 Å². The summed E-state index contributed by atoms with van der Waals surface area (Å²) in [6, 6.07) is 0.172. The van der Waals surface area contributed by atoms with Crippen LogP contribution < -0.4 is 14.4 Å². The Morgan fingerprint density at radius 3 is 2.45 bits per heavy atom. The number of anilines is 1. The molecule has 1 N–H and O–H groups in total. The summed E-state index contributed by atoms with van der Waals surface area (Å²) in [7, 11) is 6.66. The van der Waals surface area contributed by atoms with Crippen molar-refractivity contribution in [2.24, 2.45) is 5.16 Å². The van der Waals surface area contributed by atoms with Crippen LogP contribution in [-0.2, 0) is 9.63 Å². The Morgan fingerprint density at radius 2 is 1.93 bits per heavy atom. The highest BCUT2D eigenvalue weighted by molar-refractivity contribution is 6.23. The number of aromatic nitrogens is 2. The van der Waals surface area contributed by atoms with E-state index in [-0.39, 0.29) is 41.9 Å². The number of hydrogen-bond donors (Lipinski definition) is 1. The van der Waals surface area contributed by atoms with Crippen molar-refractivity contribution >= 4 is 17.3 Å². The molecular formula is C20H30N4O5. The molecule has 1 aromatic rings. The van der Waals surface area contributed by atoms with E-state index in [4.69, 9.17) is 14.3 Å². The van der Waals surface area contributed by atoms with E-state index in [2.05, 4.69) is 15.1 Å². The molecule has 0 fully saturated rings. The summed E-state index contributed by atoms with van der Waals surface area (Å²) in [5, 5.41) is 14.8. The number of ketones is 1. The summed E-state index contributed by atoms with van der Waals surface area (Å²) in [4.78, 5) is 28.6. The second-order valence-corrected chi connectivity index (χ2v) is 6.91. The first-order valence-corrected chi connectivity index (χ1v) is 9.69. The van der Waals surface area contributed by atoms with Gasteiger partial charge in [0.25, 0.3) is 0 Å². The second-order valence-electron chi connectivity index (χ2n) is 6.91. The molecule has 1 unspecified atom stereocenters. The average molecular weight is 406 g/mol. The Bertz CT molecular complexity index is 804. The Labute approximate surface area is 171 Å². The fourth-order valence-electron chi connectivity index (χ4n) is 3.39. The Morgan fingerprint density at radius 1 is 1.21 bits per heavy atom. The van der Waals surface area contributed by atoms with Crippen LogP contribution in [0.5, 0.6) is 11.9 Å². The maximum atomic E-state index is 13.0. The van der Waals surface area contributed by atoms with E-state index in [0.717, 1.165) is 6.42 Å². The normalized spacial score (nSPS) is 17.4. The molecule has 0 radical (unpaired) electrons. The maximum Gasteiger partial charge on any atom is 0.321 e. The zero-order valence-electron chi connectivity index (χ0n) is 18.0. The molecule has 29 heavy (non-hydrogen) atoms. The minimum Gasteiger partial charge on any atom is -0.511 e. The van der Waals surface area contributed by atoms with Gasteiger partial charge >= 0.3 is 6.01 Å². The highest BCUT2D eigenvalue weighted by atomic mass is 16.6. The van der Waals surface area contributed by atoms with Crippen molar-refractivity contribution in [3.05, 3.63) is 16.9 Å². The number of methoxy groups -OCH3 is 2. The number of hydrogen-bond acceptors (Lipinski definition) is 9. The molecule has 0 aliphatic heterocycles. The fraction of sp³-hybridized carbons (Fsp3) is 0.600. The van der Waals surface area contributed by atoms with Gasteiger partial charge in [0.1, 0.15) is 18.2 Å². The van der Waals surface area contributed by atoms with Crippen molar-refractivity contribution in [2.45, 2.75) is 45.4 Å². The van der Waals surface area contributed by atoms with Crippen molar-refractivity contribution in [1.29, 1.82) is 0 Å². The molecule has 160 valence electrons. The van der Waals surface area contributed by atoms with Crippen LogP contribution in [0.25, 0.3) is 0 Å². The molecule has 1 heterocycles. The zero-order chi connectivity index (χ0) is 21.6. The maximum absolute atomic E-state index is 13.0. The number of carbonyl (C=O) groups excluding carboxylic acids is 1. The van der Waals surface area contributed by atoms with Crippen molar-refractivity contribution in [2.75, 3.05) is 39.8 Å². The summed E-state index contributed by atoms with van der Waals surface area (Å²) in [6.07, 6.45) is 1.77. The predicted molar refractivity (Wildman–Crippen MR) is 110 cm³/mol. The summed E-state index contributed by atoms with van der Waals surface area (Å²) < 4.78 is 10.6. The lowest BCUT2D eigenvalue weighted by molar-refractivity contribution is -0.116. The van der Waals surface area contributed by atoms with Crippen LogP contribution in [0.15, 0.2) is 16.5 Å². The standard InChI is InChI=1S/C20H30N4O5/c1-7-9-13(23-29-8-2)17-14(25)10-12(11-15(17)26)16-18(24(3)4)21-20(28-6)22-19(16)27-5/h12,25H,7-11H2,1-6H3/b23-13+. The van der Waals surface area contributed by atoms with Crippen molar-refractivity contribution in [3.8, 4) is 11.9 Å². The van der Waals surface area contributed by atoms with E-state index < -0.39 is 0 Å². The molecule has 1 aromatic heterocycles. The molecule has 2 rings (SSSR count). The first-order chi connectivity index (χ1) is 13.9. The number of aliphatic hydroxyl groups is 1. The molecule has 1 atom stereocenters. The number of allylic oxidation sites excluding steroid dienone is 2. The molecule has 0 spiro atoms. The van der Waals surface area contributed by atoms with Crippen molar-refractivity contribution < 1.29 is 24.2 Å². The van der Waals surface area contributed by atoms with Crippen molar-refractivity contribution in [1.82, 2.24) is 9.97 Å². The van der Waals surface area contributed by atoms with E-state index >= 15 is 0 Å². The van der Waals surface area contributed by atoms with Crippen LogP contribution in [0.1, 0.15) is 51.0 Å². The smallest absolute Gasteiger partial charge is 0.321 e. The lowest BCUT2D eigenvalue weighted by Gasteiger charge is -2.28. The molecule has 1 aliphatic carbocycles. The van der Waals surface area contributed by atoms with Crippen LogP contribution in [-0.4, -0.2) is 61.5 Å². The van der Waals surface area contributed by atoms with Crippen LogP contribution >= 0.6 is 0 Å². The lowest BCUT2D eigenvalue weighted by Crippen LogP contribution is -2.26. The van der Waals surface area contributed by atoms with E-state index in [1.54, 1.807) is 0 Å². The van der Waals surface area contributed by atoms with Gasteiger partial charge in [0.15, 0.2) is 5.78 Å². The number of carbonyl (C=O) groups is 1. The molecule has 1 aliphatic rings. The molecule has 0 aromatic carbocycles. The molecule has 0 saturated heterocycles. The Hall–Kier alpha value is -2.84. The predicted octanol–water partition coefficient (Wildman–Crippen LogP) is 3.01. The number of ether oxygens (including phenoxy) is 2. The van der Waals surface area contributed by atoms with E-state index in [1.807, 2.05) is 32.8 Å². The van der Waals surface area contributed by atoms with Gasteiger partial charge in [0.05, 0.1) is 31.1 Å². The molecule has 9 nitrogen and oxygen atoms in total. The second kappa shape index (κ2) is 10.1. The summed E-state index contributed by atoms with van der Waals surface area (Å²) in [6.45, 7) is 4.20. The van der Waals surface area contributed by atoms with Gasteiger partial charge in [0, 0.05) is 32.9 Å². The average Bonchev–Trinajstić information content (AvgIpc) is 2.70. The summed E-state index contributed by atoms with van der Waals surface area (Å²) in [5.74, 6) is 0.388. The number of nitrogens with zero attached hydrogens (tertiary/aromatic N) is 4. The minimum absolute atomic E-state index is 0.000676.